The van der Waals surface area contributed by atoms with E-state index in [1.807, 2.05) is 13.8 Å². The first-order valence-corrected chi connectivity index (χ1v) is 9.41. The van der Waals surface area contributed by atoms with Crippen molar-refractivity contribution in [2.75, 3.05) is 33.2 Å². The van der Waals surface area contributed by atoms with Gasteiger partial charge in [0, 0.05) is 39.3 Å². The van der Waals surface area contributed by atoms with Crippen LogP contribution in [-0.2, 0) is 10.2 Å². The number of nitrogens with zero attached hydrogens (tertiary/aromatic N) is 3. The summed E-state index contributed by atoms with van der Waals surface area (Å²) >= 11 is 0. The van der Waals surface area contributed by atoms with Crippen LogP contribution in [0.2, 0.25) is 0 Å². The average molecular weight is 357 g/mol. The lowest BCUT2D eigenvalue weighted by atomic mass is 10.2. The van der Waals surface area contributed by atoms with E-state index in [4.69, 9.17) is 0 Å². The van der Waals surface area contributed by atoms with Gasteiger partial charge in [0.05, 0.1) is 5.56 Å². The van der Waals surface area contributed by atoms with Crippen molar-refractivity contribution in [2.24, 2.45) is 0 Å². The molecule has 1 heterocycles. The van der Waals surface area contributed by atoms with Crippen LogP contribution < -0.4 is 0 Å². The zero-order valence-electron chi connectivity index (χ0n) is 14.3. The standard InChI is InChI=1S/C16H24FN3O3S/c1-13(2)18(3)24(22,23)20-10-6-9-19(11-12-20)16(21)14-7-4-5-8-15(14)17/h4-5,7-8,13H,6,9-12H2,1-3H3. The highest BCUT2D eigenvalue weighted by molar-refractivity contribution is 7.86. The van der Waals surface area contributed by atoms with Gasteiger partial charge >= 0.3 is 0 Å². The van der Waals surface area contributed by atoms with Gasteiger partial charge in [-0.3, -0.25) is 4.79 Å². The van der Waals surface area contributed by atoms with Crippen molar-refractivity contribution < 1.29 is 17.6 Å². The maximum atomic E-state index is 13.8. The minimum atomic E-state index is -3.55. The highest BCUT2D eigenvalue weighted by Crippen LogP contribution is 2.16. The molecule has 1 aromatic rings. The summed E-state index contributed by atoms with van der Waals surface area (Å²) in [6, 6.07) is 5.70. The number of carbonyl (C=O) groups is 1. The molecule has 1 aromatic carbocycles. The molecule has 6 nitrogen and oxygen atoms in total. The van der Waals surface area contributed by atoms with Gasteiger partial charge in [-0.2, -0.15) is 17.0 Å². The summed E-state index contributed by atoms with van der Waals surface area (Å²) in [5.41, 5.74) is 0.0214. The zero-order valence-corrected chi connectivity index (χ0v) is 15.1. The normalized spacial score (nSPS) is 17.3. The van der Waals surface area contributed by atoms with Crippen LogP contribution in [0.4, 0.5) is 4.39 Å². The Morgan fingerprint density at radius 2 is 1.83 bits per heavy atom. The molecule has 1 aliphatic rings. The minimum Gasteiger partial charge on any atom is -0.337 e. The summed E-state index contributed by atoms with van der Waals surface area (Å²) in [5.74, 6) is -0.958. The first-order chi connectivity index (χ1) is 11.2. The van der Waals surface area contributed by atoms with E-state index in [-0.39, 0.29) is 24.7 Å². The molecular weight excluding hydrogens is 333 g/mol. The topological polar surface area (TPSA) is 60.9 Å². The summed E-state index contributed by atoms with van der Waals surface area (Å²) in [6.45, 7) is 4.83. The van der Waals surface area contributed by atoms with Gasteiger partial charge in [-0.1, -0.05) is 12.1 Å². The summed E-state index contributed by atoms with van der Waals surface area (Å²) in [4.78, 5) is 14.0. The summed E-state index contributed by atoms with van der Waals surface area (Å²) < 4.78 is 41.6. The molecule has 0 unspecified atom stereocenters. The van der Waals surface area contributed by atoms with Crippen molar-refractivity contribution in [3.05, 3.63) is 35.6 Å². The largest absolute Gasteiger partial charge is 0.337 e. The van der Waals surface area contributed by atoms with E-state index >= 15 is 0 Å². The number of rotatable bonds is 4. The van der Waals surface area contributed by atoms with Crippen molar-refractivity contribution in [3.8, 4) is 0 Å². The molecule has 2 rings (SSSR count). The zero-order chi connectivity index (χ0) is 17.9. The van der Waals surface area contributed by atoms with Crippen molar-refractivity contribution in [1.82, 2.24) is 13.5 Å². The second-order valence-corrected chi connectivity index (χ2v) is 8.13. The molecule has 0 bridgehead atoms. The summed E-state index contributed by atoms with van der Waals surface area (Å²) in [5, 5.41) is 0. The lowest BCUT2D eigenvalue weighted by Crippen LogP contribution is -2.46. The van der Waals surface area contributed by atoms with E-state index in [0.29, 0.717) is 19.5 Å². The molecule has 134 valence electrons. The van der Waals surface area contributed by atoms with Crippen LogP contribution in [-0.4, -0.2) is 67.1 Å². The second-order valence-electron chi connectivity index (χ2n) is 6.14. The molecule has 1 saturated heterocycles. The molecule has 0 spiro atoms. The third-order valence-corrected chi connectivity index (χ3v) is 6.43. The molecule has 0 radical (unpaired) electrons. The van der Waals surface area contributed by atoms with Crippen LogP contribution in [0, 0.1) is 5.82 Å². The van der Waals surface area contributed by atoms with Gasteiger partial charge in [0.25, 0.3) is 16.1 Å². The van der Waals surface area contributed by atoms with Gasteiger partial charge in [0.1, 0.15) is 5.82 Å². The molecule has 0 atom stereocenters. The smallest absolute Gasteiger partial charge is 0.282 e. The van der Waals surface area contributed by atoms with E-state index in [0.717, 1.165) is 0 Å². The quantitative estimate of drug-likeness (QED) is 0.822. The maximum Gasteiger partial charge on any atom is 0.282 e. The molecule has 1 fully saturated rings. The van der Waals surface area contributed by atoms with E-state index in [1.54, 1.807) is 13.1 Å². The molecule has 1 amide bonds. The Hall–Kier alpha value is -1.51. The Balaban J connectivity index is 2.11. The number of carbonyl (C=O) groups excluding carboxylic acids is 1. The molecule has 0 aromatic heterocycles. The lowest BCUT2D eigenvalue weighted by Gasteiger charge is -2.28. The van der Waals surface area contributed by atoms with Crippen LogP contribution in [0.1, 0.15) is 30.6 Å². The van der Waals surface area contributed by atoms with Crippen molar-refractivity contribution in [3.63, 3.8) is 0 Å². The van der Waals surface area contributed by atoms with Crippen LogP contribution in [0.5, 0.6) is 0 Å². The van der Waals surface area contributed by atoms with E-state index < -0.39 is 21.9 Å². The van der Waals surface area contributed by atoms with Crippen molar-refractivity contribution >= 4 is 16.1 Å². The summed E-state index contributed by atoms with van der Waals surface area (Å²) in [6.07, 6.45) is 0.519. The highest BCUT2D eigenvalue weighted by Gasteiger charge is 2.31. The SMILES string of the molecule is CC(C)N(C)S(=O)(=O)N1CCCN(C(=O)c2ccccc2F)CC1. The Morgan fingerprint density at radius 3 is 2.46 bits per heavy atom. The molecule has 8 heteroatoms. The first kappa shape index (κ1) is 18.8. The van der Waals surface area contributed by atoms with Crippen LogP contribution in [0.15, 0.2) is 24.3 Å². The molecule has 1 aliphatic heterocycles. The fourth-order valence-corrected chi connectivity index (χ4v) is 4.15. The highest BCUT2D eigenvalue weighted by atomic mass is 32.2. The summed E-state index contributed by atoms with van der Waals surface area (Å²) in [7, 11) is -2.00. The predicted octanol–water partition coefficient (Wildman–Crippen LogP) is 1.56. The van der Waals surface area contributed by atoms with E-state index in [9.17, 15) is 17.6 Å². The van der Waals surface area contributed by atoms with Gasteiger partial charge in [0.2, 0.25) is 0 Å². The van der Waals surface area contributed by atoms with Crippen LogP contribution in [0.25, 0.3) is 0 Å². The fourth-order valence-electron chi connectivity index (χ4n) is 2.58. The predicted molar refractivity (Wildman–Crippen MR) is 90.3 cm³/mol. The van der Waals surface area contributed by atoms with Gasteiger partial charge < -0.3 is 4.90 Å². The number of amides is 1. The van der Waals surface area contributed by atoms with Gasteiger partial charge in [0.15, 0.2) is 0 Å². The van der Waals surface area contributed by atoms with Gasteiger partial charge in [-0.05, 0) is 32.4 Å². The van der Waals surface area contributed by atoms with Gasteiger partial charge in [-0.25, -0.2) is 4.39 Å². The lowest BCUT2D eigenvalue weighted by molar-refractivity contribution is 0.0759. The Morgan fingerprint density at radius 1 is 1.17 bits per heavy atom. The maximum absolute atomic E-state index is 13.8. The molecule has 24 heavy (non-hydrogen) atoms. The van der Waals surface area contributed by atoms with E-state index in [1.165, 1.54) is 31.7 Å². The number of benzene rings is 1. The second kappa shape index (κ2) is 7.58. The number of hydrogen-bond donors (Lipinski definition) is 0. The van der Waals surface area contributed by atoms with Crippen LogP contribution >= 0.6 is 0 Å². The molecule has 0 saturated carbocycles. The first-order valence-electron chi connectivity index (χ1n) is 8.02. The monoisotopic (exact) mass is 357 g/mol. The third-order valence-electron chi connectivity index (χ3n) is 4.26. The molecular formula is C16H24FN3O3S. The van der Waals surface area contributed by atoms with Gasteiger partial charge in [-0.15, -0.1) is 0 Å². The fraction of sp³-hybridized carbons (Fsp3) is 0.562. The number of halogens is 1. The van der Waals surface area contributed by atoms with Crippen LogP contribution in [0.3, 0.4) is 0 Å². The minimum absolute atomic E-state index is 0.0214. The van der Waals surface area contributed by atoms with Crippen molar-refractivity contribution in [2.45, 2.75) is 26.3 Å². The molecule has 0 aliphatic carbocycles. The van der Waals surface area contributed by atoms with Crippen molar-refractivity contribution in [1.29, 1.82) is 0 Å². The Labute approximate surface area is 143 Å². The Kier molecular flexibility index (Phi) is 5.95. The average Bonchev–Trinajstić information content (AvgIpc) is 2.80. The molecule has 0 N–H and O–H groups in total. The third kappa shape index (κ3) is 3.93. The number of hydrogen-bond acceptors (Lipinski definition) is 3. The van der Waals surface area contributed by atoms with E-state index in [2.05, 4.69) is 0 Å². The Bertz CT molecular complexity index is 694.